The standard InChI is InChI=1S/C15H23ClO/c1-4-6-7-12(5-2)15(17)14-10-13(16)9-8-11(14)3/h8-10,12,15,17H,4-7H2,1-3H3/t12-,15+/m0/s1. The summed E-state index contributed by atoms with van der Waals surface area (Å²) in [6.45, 7) is 6.36. The first-order valence-electron chi connectivity index (χ1n) is 6.54. The summed E-state index contributed by atoms with van der Waals surface area (Å²) in [6.07, 6.45) is 4.06. The van der Waals surface area contributed by atoms with E-state index in [0.29, 0.717) is 10.9 Å². The second kappa shape index (κ2) is 7.03. The van der Waals surface area contributed by atoms with Crippen LogP contribution in [0.5, 0.6) is 0 Å². The molecule has 1 aromatic rings. The van der Waals surface area contributed by atoms with Gasteiger partial charge in [-0.15, -0.1) is 0 Å². The highest BCUT2D eigenvalue weighted by Gasteiger charge is 2.20. The first-order valence-corrected chi connectivity index (χ1v) is 6.92. The number of aliphatic hydroxyl groups is 1. The zero-order valence-electron chi connectivity index (χ0n) is 11.0. The van der Waals surface area contributed by atoms with Crippen LogP contribution in [0.4, 0.5) is 0 Å². The summed E-state index contributed by atoms with van der Waals surface area (Å²) in [4.78, 5) is 0. The van der Waals surface area contributed by atoms with E-state index in [4.69, 9.17) is 11.6 Å². The average Bonchev–Trinajstić information content (AvgIpc) is 2.33. The molecule has 1 rings (SSSR count). The third-order valence-corrected chi connectivity index (χ3v) is 3.69. The Morgan fingerprint density at radius 1 is 1.29 bits per heavy atom. The molecule has 0 fully saturated rings. The van der Waals surface area contributed by atoms with Gasteiger partial charge in [0.25, 0.3) is 0 Å². The van der Waals surface area contributed by atoms with E-state index in [0.717, 1.165) is 24.0 Å². The van der Waals surface area contributed by atoms with Gasteiger partial charge in [-0.2, -0.15) is 0 Å². The van der Waals surface area contributed by atoms with Gasteiger partial charge in [-0.05, 0) is 42.5 Å². The van der Waals surface area contributed by atoms with E-state index < -0.39 is 0 Å². The highest BCUT2D eigenvalue weighted by molar-refractivity contribution is 6.30. The molecule has 0 heterocycles. The molecule has 2 heteroatoms. The van der Waals surface area contributed by atoms with Crippen molar-refractivity contribution in [2.75, 3.05) is 0 Å². The molecule has 0 aliphatic rings. The van der Waals surface area contributed by atoms with Crippen molar-refractivity contribution in [3.8, 4) is 0 Å². The summed E-state index contributed by atoms with van der Waals surface area (Å²) in [7, 11) is 0. The van der Waals surface area contributed by atoms with E-state index in [1.165, 1.54) is 12.8 Å². The molecule has 0 spiro atoms. The molecule has 1 aromatic carbocycles. The molecule has 0 unspecified atom stereocenters. The molecular formula is C15H23ClO. The van der Waals surface area contributed by atoms with Gasteiger partial charge < -0.3 is 5.11 Å². The molecule has 2 atom stereocenters. The van der Waals surface area contributed by atoms with Crippen molar-refractivity contribution >= 4 is 11.6 Å². The van der Waals surface area contributed by atoms with Crippen LogP contribution in [0.3, 0.4) is 0 Å². The fraction of sp³-hybridized carbons (Fsp3) is 0.600. The lowest BCUT2D eigenvalue weighted by atomic mass is 9.87. The van der Waals surface area contributed by atoms with Crippen LogP contribution >= 0.6 is 11.6 Å². The van der Waals surface area contributed by atoms with Gasteiger partial charge in [-0.3, -0.25) is 0 Å². The summed E-state index contributed by atoms with van der Waals surface area (Å²) in [6, 6.07) is 5.75. The number of halogens is 1. The number of rotatable bonds is 6. The Morgan fingerprint density at radius 3 is 2.59 bits per heavy atom. The minimum Gasteiger partial charge on any atom is -0.388 e. The third-order valence-electron chi connectivity index (χ3n) is 3.46. The van der Waals surface area contributed by atoms with Gasteiger partial charge in [0.05, 0.1) is 6.10 Å². The van der Waals surface area contributed by atoms with Gasteiger partial charge in [0.1, 0.15) is 0 Å². The van der Waals surface area contributed by atoms with Crippen LogP contribution in [0.1, 0.15) is 56.8 Å². The van der Waals surface area contributed by atoms with E-state index >= 15 is 0 Å². The first-order chi connectivity index (χ1) is 8.10. The van der Waals surface area contributed by atoms with Gasteiger partial charge in [-0.25, -0.2) is 0 Å². The molecule has 0 saturated heterocycles. The van der Waals surface area contributed by atoms with Crippen LogP contribution < -0.4 is 0 Å². The molecule has 0 aromatic heterocycles. The zero-order valence-corrected chi connectivity index (χ0v) is 11.8. The van der Waals surface area contributed by atoms with E-state index in [2.05, 4.69) is 13.8 Å². The number of unbranched alkanes of at least 4 members (excludes halogenated alkanes) is 1. The molecule has 1 N–H and O–H groups in total. The van der Waals surface area contributed by atoms with Gasteiger partial charge in [0.2, 0.25) is 0 Å². The summed E-state index contributed by atoms with van der Waals surface area (Å²) in [5.74, 6) is 0.340. The van der Waals surface area contributed by atoms with Crippen molar-refractivity contribution in [1.82, 2.24) is 0 Å². The Hall–Kier alpha value is -0.530. The fourth-order valence-electron chi connectivity index (χ4n) is 2.24. The van der Waals surface area contributed by atoms with Crippen LogP contribution in [0.2, 0.25) is 5.02 Å². The number of aryl methyl sites for hydroxylation is 1. The fourth-order valence-corrected chi connectivity index (χ4v) is 2.42. The lowest BCUT2D eigenvalue weighted by Gasteiger charge is -2.23. The quantitative estimate of drug-likeness (QED) is 0.766. The summed E-state index contributed by atoms with van der Waals surface area (Å²) in [5, 5.41) is 11.2. The van der Waals surface area contributed by atoms with Crippen LogP contribution in [0.15, 0.2) is 18.2 Å². The van der Waals surface area contributed by atoms with Gasteiger partial charge in [-0.1, -0.05) is 50.8 Å². The molecule has 0 aliphatic heterocycles. The lowest BCUT2D eigenvalue weighted by molar-refractivity contribution is 0.0983. The van der Waals surface area contributed by atoms with E-state index in [9.17, 15) is 5.11 Å². The molecule has 96 valence electrons. The van der Waals surface area contributed by atoms with Crippen molar-refractivity contribution in [1.29, 1.82) is 0 Å². The normalized spacial score (nSPS) is 14.6. The molecule has 0 amide bonds. The molecule has 0 aliphatic carbocycles. The van der Waals surface area contributed by atoms with Crippen LogP contribution in [-0.2, 0) is 0 Å². The monoisotopic (exact) mass is 254 g/mol. The van der Waals surface area contributed by atoms with Crippen LogP contribution in [-0.4, -0.2) is 5.11 Å². The maximum Gasteiger partial charge on any atom is 0.0821 e. The topological polar surface area (TPSA) is 20.2 Å². The Labute approximate surface area is 110 Å². The minimum atomic E-state index is -0.384. The molecule has 0 radical (unpaired) electrons. The van der Waals surface area contributed by atoms with E-state index in [1.54, 1.807) is 0 Å². The van der Waals surface area contributed by atoms with Crippen molar-refractivity contribution in [3.05, 3.63) is 34.3 Å². The second-order valence-corrected chi connectivity index (χ2v) is 5.19. The van der Waals surface area contributed by atoms with E-state index in [1.807, 2.05) is 25.1 Å². The van der Waals surface area contributed by atoms with Crippen LogP contribution in [0, 0.1) is 12.8 Å². The molecular weight excluding hydrogens is 232 g/mol. The van der Waals surface area contributed by atoms with Crippen molar-refractivity contribution in [3.63, 3.8) is 0 Å². The largest absolute Gasteiger partial charge is 0.388 e. The van der Waals surface area contributed by atoms with Gasteiger partial charge in [0, 0.05) is 5.02 Å². The molecule has 1 nitrogen and oxygen atoms in total. The Balaban J connectivity index is 2.85. The maximum atomic E-state index is 10.5. The smallest absolute Gasteiger partial charge is 0.0821 e. The lowest BCUT2D eigenvalue weighted by Crippen LogP contribution is -2.13. The third kappa shape index (κ3) is 4.01. The molecule has 17 heavy (non-hydrogen) atoms. The van der Waals surface area contributed by atoms with Crippen molar-refractivity contribution in [2.45, 2.75) is 52.6 Å². The summed E-state index contributed by atoms with van der Waals surface area (Å²) >= 11 is 6.00. The van der Waals surface area contributed by atoms with Gasteiger partial charge >= 0.3 is 0 Å². The number of hydrogen-bond donors (Lipinski definition) is 1. The second-order valence-electron chi connectivity index (χ2n) is 4.76. The van der Waals surface area contributed by atoms with Gasteiger partial charge in [0.15, 0.2) is 0 Å². The Morgan fingerprint density at radius 2 is 2.00 bits per heavy atom. The highest BCUT2D eigenvalue weighted by Crippen LogP contribution is 2.32. The number of hydrogen-bond acceptors (Lipinski definition) is 1. The predicted octanol–water partition coefficient (Wildman–Crippen LogP) is 4.90. The minimum absolute atomic E-state index is 0.340. The zero-order chi connectivity index (χ0) is 12.8. The Bertz CT molecular complexity index is 349. The molecule has 0 saturated carbocycles. The number of benzene rings is 1. The highest BCUT2D eigenvalue weighted by atomic mass is 35.5. The van der Waals surface area contributed by atoms with E-state index in [-0.39, 0.29) is 6.10 Å². The van der Waals surface area contributed by atoms with Crippen molar-refractivity contribution in [2.24, 2.45) is 5.92 Å². The predicted molar refractivity (Wildman–Crippen MR) is 74.5 cm³/mol. The SMILES string of the molecule is CCCC[C@H](CC)[C@@H](O)c1cc(Cl)ccc1C. The summed E-state index contributed by atoms with van der Waals surface area (Å²) in [5.41, 5.74) is 2.11. The first kappa shape index (κ1) is 14.5. The maximum absolute atomic E-state index is 10.5. The van der Waals surface area contributed by atoms with Crippen molar-refractivity contribution < 1.29 is 5.11 Å². The Kier molecular flexibility index (Phi) is 6.01. The number of aliphatic hydroxyl groups excluding tert-OH is 1. The molecule has 0 bridgehead atoms. The average molecular weight is 255 g/mol. The summed E-state index contributed by atoms with van der Waals surface area (Å²) < 4.78 is 0. The van der Waals surface area contributed by atoms with Crippen LogP contribution in [0.25, 0.3) is 0 Å².